The van der Waals surface area contributed by atoms with E-state index in [1.807, 2.05) is 65.0 Å². The third kappa shape index (κ3) is 5.92. The molecule has 2 atom stereocenters. The molecule has 0 radical (unpaired) electrons. The Morgan fingerprint density at radius 1 is 0.900 bits per heavy atom. The van der Waals surface area contributed by atoms with Gasteiger partial charge in [0.25, 0.3) is 11.8 Å². The van der Waals surface area contributed by atoms with Crippen LogP contribution < -0.4 is 10.6 Å². The van der Waals surface area contributed by atoms with Crippen molar-refractivity contribution in [3.8, 4) is 0 Å². The molecule has 0 aliphatic heterocycles. The highest BCUT2D eigenvalue weighted by Crippen LogP contribution is 2.17. The zero-order valence-corrected chi connectivity index (χ0v) is 18.4. The maximum atomic E-state index is 12.7. The molecule has 0 heterocycles. The molecular formula is C24H30N2O4. The minimum absolute atomic E-state index is 0.208. The lowest BCUT2D eigenvalue weighted by molar-refractivity contribution is -0.156. The zero-order chi connectivity index (χ0) is 22.4. The first-order valence-electron chi connectivity index (χ1n) is 10.0. The Kier molecular flexibility index (Phi) is 7.75. The van der Waals surface area contributed by atoms with Crippen LogP contribution in [0.5, 0.6) is 0 Å². The molecule has 2 rings (SSSR count). The number of rotatable bonds is 7. The molecule has 6 nitrogen and oxygen atoms in total. The van der Waals surface area contributed by atoms with Gasteiger partial charge < -0.3 is 15.4 Å². The Morgan fingerprint density at radius 2 is 1.57 bits per heavy atom. The highest BCUT2D eigenvalue weighted by molar-refractivity contribution is 5.99. The summed E-state index contributed by atoms with van der Waals surface area (Å²) in [6.07, 6.45) is -1.00. The number of anilines is 1. The van der Waals surface area contributed by atoms with Crippen molar-refractivity contribution in [2.75, 3.05) is 5.32 Å². The number of carbonyl (C=O) groups is 3. The summed E-state index contributed by atoms with van der Waals surface area (Å²) in [4.78, 5) is 37.8. The topological polar surface area (TPSA) is 84.5 Å². The van der Waals surface area contributed by atoms with Crippen molar-refractivity contribution in [1.82, 2.24) is 5.32 Å². The first-order valence-corrected chi connectivity index (χ1v) is 10.0. The zero-order valence-electron chi connectivity index (χ0n) is 18.4. The van der Waals surface area contributed by atoms with Gasteiger partial charge in [-0.15, -0.1) is 0 Å². The number of esters is 1. The Hall–Kier alpha value is -3.15. The van der Waals surface area contributed by atoms with Crippen molar-refractivity contribution in [3.05, 3.63) is 64.7 Å². The molecule has 0 bridgehead atoms. The molecule has 2 aromatic carbocycles. The highest BCUT2D eigenvalue weighted by Gasteiger charge is 2.29. The summed E-state index contributed by atoms with van der Waals surface area (Å²) in [5, 5.41) is 5.52. The fourth-order valence-electron chi connectivity index (χ4n) is 3.03. The van der Waals surface area contributed by atoms with Crippen LogP contribution in [-0.2, 0) is 14.3 Å². The van der Waals surface area contributed by atoms with E-state index in [2.05, 4.69) is 10.6 Å². The lowest BCUT2D eigenvalue weighted by Gasteiger charge is -2.23. The summed E-state index contributed by atoms with van der Waals surface area (Å²) < 4.78 is 5.37. The summed E-state index contributed by atoms with van der Waals surface area (Å²) >= 11 is 0. The first kappa shape index (κ1) is 23.1. The van der Waals surface area contributed by atoms with E-state index in [9.17, 15) is 14.4 Å². The van der Waals surface area contributed by atoms with Crippen molar-refractivity contribution in [2.24, 2.45) is 5.92 Å². The van der Waals surface area contributed by atoms with Crippen LogP contribution in [0.1, 0.15) is 47.8 Å². The molecule has 0 fully saturated rings. The summed E-state index contributed by atoms with van der Waals surface area (Å²) in [5.74, 6) is -1.63. The second-order valence-electron chi connectivity index (χ2n) is 7.90. The Labute approximate surface area is 178 Å². The van der Waals surface area contributed by atoms with Gasteiger partial charge in [-0.2, -0.15) is 0 Å². The van der Waals surface area contributed by atoms with E-state index in [0.717, 1.165) is 16.7 Å². The molecule has 0 aromatic heterocycles. The molecule has 2 N–H and O–H groups in total. The maximum Gasteiger partial charge on any atom is 0.329 e. The third-order valence-electron chi connectivity index (χ3n) is 4.90. The number of benzene rings is 2. The molecular weight excluding hydrogens is 380 g/mol. The molecule has 2 amide bonds. The number of hydrogen-bond acceptors (Lipinski definition) is 4. The van der Waals surface area contributed by atoms with Gasteiger partial charge in [0.15, 0.2) is 6.10 Å². The number of nitrogens with one attached hydrogen (secondary N) is 2. The molecule has 6 heteroatoms. The van der Waals surface area contributed by atoms with Crippen molar-refractivity contribution < 1.29 is 19.1 Å². The molecule has 2 aromatic rings. The van der Waals surface area contributed by atoms with Gasteiger partial charge in [-0.25, -0.2) is 4.79 Å². The molecule has 0 saturated carbocycles. The van der Waals surface area contributed by atoms with Gasteiger partial charge in [0.05, 0.1) is 0 Å². The number of carbonyl (C=O) groups excluding carboxylic acids is 3. The molecule has 30 heavy (non-hydrogen) atoms. The normalized spacial score (nSPS) is 12.8. The van der Waals surface area contributed by atoms with Crippen molar-refractivity contribution in [3.63, 3.8) is 0 Å². The number of ether oxygens (including phenoxy) is 1. The van der Waals surface area contributed by atoms with Crippen molar-refractivity contribution >= 4 is 23.5 Å². The van der Waals surface area contributed by atoms with E-state index in [-0.39, 0.29) is 11.8 Å². The second kappa shape index (κ2) is 10.1. The lowest BCUT2D eigenvalue weighted by atomic mass is 10.0. The molecule has 0 aliphatic rings. The number of hydrogen-bond donors (Lipinski definition) is 2. The Bertz CT molecular complexity index is 937. The molecule has 0 aliphatic carbocycles. The lowest BCUT2D eigenvalue weighted by Crippen LogP contribution is -2.47. The number of amides is 2. The van der Waals surface area contributed by atoms with Crippen LogP contribution in [0, 0.1) is 26.7 Å². The molecule has 160 valence electrons. The molecule has 0 spiro atoms. The van der Waals surface area contributed by atoms with Crippen LogP contribution in [0.25, 0.3) is 0 Å². The highest BCUT2D eigenvalue weighted by atomic mass is 16.5. The van der Waals surface area contributed by atoms with E-state index >= 15 is 0 Å². The summed E-state index contributed by atoms with van der Waals surface area (Å²) in [6.45, 7) is 10.8. The van der Waals surface area contributed by atoms with Gasteiger partial charge in [0.1, 0.15) is 6.04 Å². The minimum Gasteiger partial charge on any atom is -0.451 e. The van der Waals surface area contributed by atoms with E-state index in [1.165, 1.54) is 6.92 Å². The van der Waals surface area contributed by atoms with Crippen LogP contribution in [0.15, 0.2) is 42.5 Å². The van der Waals surface area contributed by atoms with Gasteiger partial charge in [0.2, 0.25) is 0 Å². The van der Waals surface area contributed by atoms with Crippen LogP contribution in [0.3, 0.4) is 0 Å². The average molecular weight is 411 g/mol. The van der Waals surface area contributed by atoms with Crippen LogP contribution >= 0.6 is 0 Å². The number of aryl methyl sites for hydroxylation is 3. The van der Waals surface area contributed by atoms with E-state index in [0.29, 0.717) is 11.3 Å². The van der Waals surface area contributed by atoms with Crippen LogP contribution in [0.4, 0.5) is 5.69 Å². The van der Waals surface area contributed by atoms with Gasteiger partial charge >= 0.3 is 5.97 Å². The Balaban J connectivity index is 2.03. The first-order chi connectivity index (χ1) is 14.1. The molecule has 0 unspecified atom stereocenters. The van der Waals surface area contributed by atoms with E-state index in [4.69, 9.17) is 4.74 Å². The minimum atomic E-state index is -1.00. The van der Waals surface area contributed by atoms with Gasteiger partial charge in [-0.1, -0.05) is 49.7 Å². The van der Waals surface area contributed by atoms with Gasteiger partial charge in [-0.05, 0) is 56.9 Å². The summed E-state index contributed by atoms with van der Waals surface area (Å²) in [6, 6.07) is 12.0. The Morgan fingerprint density at radius 3 is 2.17 bits per heavy atom. The largest absolute Gasteiger partial charge is 0.451 e. The smallest absolute Gasteiger partial charge is 0.329 e. The van der Waals surface area contributed by atoms with Crippen molar-refractivity contribution in [1.29, 1.82) is 0 Å². The summed E-state index contributed by atoms with van der Waals surface area (Å²) in [7, 11) is 0. The van der Waals surface area contributed by atoms with E-state index < -0.39 is 24.0 Å². The monoisotopic (exact) mass is 410 g/mol. The molecule has 0 saturated heterocycles. The third-order valence-corrected chi connectivity index (χ3v) is 4.90. The maximum absolute atomic E-state index is 12.7. The predicted octanol–water partition coefficient (Wildman–Crippen LogP) is 3.94. The average Bonchev–Trinajstić information content (AvgIpc) is 2.67. The standard InChI is InChI=1S/C24H30N2O4/c1-14(2)21(26-23(28)19-10-8-7-9-16(19)4)24(29)30-18(6)22(27)25-20-12-11-15(3)13-17(20)5/h7-14,18,21H,1-6H3,(H,25,27)(H,26,28)/t18-,21-/m0/s1. The summed E-state index contributed by atoms with van der Waals surface area (Å²) in [5.41, 5.74) is 3.99. The SMILES string of the molecule is Cc1ccc(NC(=O)[C@H](C)OC(=O)[C@@H](NC(=O)c2ccccc2C)C(C)C)c(C)c1. The quantitative estimate of drug-likeness (QED) is 0.677. The van der Waals surface area contributed by atoms with Crippen LogP contribution in [0.2, 0.25) is 0 Å². The van der Waals surface area contributed by atoms with Crippen LogP contribution in [-0.4, -0.2) is 29.9 Å². The second-order valence-corrected chi connectivity index (χ2v) is 7.90. The van der Waals surface area contributed by atoms with Gasteiger partial charge in [0, 0.05) is 11.3 Å². The fraction of sp³-hybridized carbons (Fsp3) is 0.375. The van der Waals surface area contributed by atoms with Gasteiger partial charge in [-0.3, -0.25) is 9.59 Å². The van der Waals surface area contributed by atoms with E-state index in [1.54, 1.807) is 12.1 Å². The predicted molar refractivity (Wildman–Crippen MR) is 117 cm³/mol. The fourth-order valence-corrected chi connectivity index (χ4v) is 3.03. The van der Waals surface area contributed by atoms with Crippen molar-refractivity contribution in [2.45, 2.75) is 53.7 Å².